The molecule has 0 N–H and O–H groups in total. The van der Waals surface area contributed by atoms with Crippen molar-refractivity contribution in [3.63, 3.8) is 0 Å². The van der Waals surface area contributed by atoms with Crippen molar-refractivity contribution >= 4 is 35.8 Å². The minimum Gasteiger partial charge on any atom is -0.871 e. The van der Waals surface area contributed by atoms with Crippen LogP contribution in [0.25, 0.3) is 0 Å². The molecule has 1 aromatic rings. The monoisotopic (exact) mass is 246 g/mol. The number of thiol groups is 1. The molecule has 0 atom stereocenters. The number of benzene rings is 1. The molecule has 0 aliphatic heterocycles. The maximum Gasteiger partial charge on any atom is 1.00 e. The van der Waals surface area contributed by atoms with Crippen LogP contribution >= 0.6 is 35.8 Å². The van der Waals surface area contributed by atoms with E-state index in [1.54, 1.807) is 6.92 Å². The molecule has 0 amide bonds. The largest absolute Gasteiger partial charge is 1.00 e. The van der Waals surface area contributed by atoms with Gasteiger partial charge in [-0.3, -0.25) is 0 Å². The van der Waals surface area contributed by atoms with Crippen LogP contribution in [0.1, 0.15) is 5.56 Å². The molecular formula is C7H5Cl2KOS. The Balaban J connectivity index is 0.00000121. The van der Waals surface area contributed by atoms with Gasteiger partial charge in [0.2, 0.25) is 0 Å². The SMILES string of the molecule is Cc1c(Cl)cc([O-])c(Cl)c1S.[K+]. The molecule has 1 rings (SSSR count). The van der Waals surface area contributed by atoms with Crippen LogP contribution in [-0.4, -0.2) is 0 Å². The summed E-state index contributed by atoms with van der Waals surface area (Å²) >= 11 is 15.3. The fourth-order valence-electron chi connectivity index (χ4n) is 0.681. The van der Waals surface area contributed by atoms with Crippen LogP contribution in [0.3, 0.4) is 0 Å². The molecule has 0 heterocycles. The molecule has 0 unspecified atom stereocenters. The van der Waals surface area contributed by atoms with E-state index in [0.717, 1.165) is 5.56 Å². The summed E-state index contributed by atoms with van der Waals surface area (Å²) in [5.74, 6) is -0.285. The van der Waals surface area contributed by atoms with Crippen LogP contribution in [0.5, 0.6) is 5.75 Å². The van der Waals surface area contributed by atoms with E-state index in [4.69, 9.17) is 23.2 Å². The summed E-state index contributed by atoms with van der Waals surface area (Å²) in [5, 5.41) is 11.5. The van der Waals surface area contributed by atoms with Crippen molar-refractivity contribution < 1.29 is 56.5 Å². The Labute approximate surface area is 129 Å². The minimum atomic E-state index is -0.285. The molecule has 0 aliphatic rings. The average Bonchev–Trinajstić information content (AvgIpc) is 1.97. The third-order valence-corrected chi connectivity index (χ3v) is 2.85. The Morgan fingerprint density at radius 1 is 1.42 bits per heavy atom. The molecule has 0 saturated heterocycles. The van der Waals surface area contributed by atoms with Gasteiger partial charge in [-0.15, -0.1) is 12.6 Å². The van der Waals surface area contributed by atoms with Gasteiger partial charge in [0.15, 0.2) is 0 Å². The number of hydrogen-bond donors (Lipinski definition) is 1. The molecule has 0 aromatic heterocycles. The van der Waals surface area contributed by atoms with Gasteiger partial charge in [-0.1, -0.05) is 29.0 Å². The topological polar surface area (TPSA) is 23.1 Å². The van der Waals surface area contributed by atoms with Crippen molar-refractivity contribution in [2.75, 3.05) is 0 Å². The summed E-state index contributed by atoms with van der Waals surface area (Å²) in [6.07, 6.45) is 0. The number of hydrogen-bond acceptors (Lipinski definition) is 2. The quantitative estimate of drug-likeness (QED) is 0.492. The van der Waals surface area contributed by atoms with Gasteiger partial charge in [0, 0.05) is 14.9 Å². The third kappa shape index (κ3) is 2.79. The predicted octanol–water partition coefficient (Wildman–Crippen LogP) is -0.332. The molecule has 60 valence electrons. The van der Waals surface area contributed by atoms with E-state index in [1.165, 1.54) is 6.07 Å². The number of halogens is 2. The summed E-state index contributed by atoms with van der Waals surface area (Å²) in [6, 6.07) is 1.29. The van der Waals surface area contributed by atoms with Gasteiger partial charge in [-0.25, -0.2) is 0 Å². The first-order chi connectivity index (χ1) is 5.04. The van der Waals surface area contributed by atoms with Gasteiger partial charge in [0.1, 0.15) is 0 Å². The minimum absolute atomic E-state index is 0. The molecule has 1 nitrogen and oxygen atoms in total. The molecular weight excluding hydrogens is 242 g/mol. The summed E-state index contributed by atoms with van der Waals surface area (Å²) < 4.78 is 0. The Hall–Kier alpha value is 1.59. The smallest absolute Gasteiger partial charge is 0.871 e. The number of rotatable bonds is 0. The van der Waals surface area contributed by atoms with Gasteiger partial charge < -0.3 is 5.11 Å². The zero-order valence-electron chi connectivity index (χ0n) is 6.69. The van der Waals surface area contributed by atoms with E-state index in [-0.39, 0.29) is 62.2 Å². The molecule has 0 saturated carbocycles. The van der Waals surface area contributed by atoms with Crippen molar-refractivity contribution in [1.82, 2.24) is 0 Å². The molecule has 12 heavy (non-hydrogen) atoms. The fourth-order valence-corrected chi connectivity index (χ4v) is 1.37. The fraction of sp³-hybridized carbons (Fsp3) is 0.143. The third-order valence-electron chi connectivity index (χ3n) is 1.40. The molecule has 1 aromatic carbocycles. The van der Waals surface area contributed by atoms with Crippen LogP contribution in [-0.2, 0) is 0 Å². The first kappa shape index (κ1) is 13.6. The van der Waals surface area contributed by atoms with Crippen LogP contribution in [0.4, 0.5) is 0 Å². The predicted molar refractivity (Wildman–Crippen MR) is 47.9 cm³/mol. The molecule has 0 bridgehead atoms. The van der Waals surface area contributed by atoms with Crippen molar-refractivity contribution in [3.8, 4) is 5.75 Å². The van der Waals surface area contributed by atoms with Crippen molar-refractivity contribution in [1.29, 1.82) is 0 Å². The van der Waals surface area contributed by atoms with Crippen LogP contribution < -0.4 is 56.5 Å². The van der Waals surface area contributed by atoms with Crippen molar-refractivity contribution in [2.24, 2.45) is 0 Å². The molecule has 0 spiro atoms. The first-order valence-corrected chi connectivity index (χ1v) is 4.09. The standard InChI is InChI=1S/C7H6Cl2OS.K/c1-3-4(8)2-5(10)6(9)7(3)11;/h2,10-11H,1H3;/q;+1/p-1. The second kappa shape index (κ2) is 5.46. The van der Waals surface area contributed by atoms with Gasteiger partial charge in [-0.2, -0.15) is 0 Å². The van der Waals surface area contributed by atoms with Crippen LogP contribution in [0.2, 0.25) is 10.0 Å². The second-order valence-electron chi connectivity index (χ2n) is 2.14. The summed E-state index contributed by atoms with van der Waals surface area (Å²) in [5.41, 5.74) is 0.736. The maximum absolute atomic E-state index is 10.9. The zero-order chi connectivity index (χ0) is 8.59. The summed E-state index contributed by atoms with van der Waals surface area (Å²) in [4.78, 5) is 0.462. The van der Waals surface area contributed by atoms with Crippen molar-refractivity contribution in [3.05, 3.63) is 21.7 Å². The molecule has 0 aliphatic carbocycles. The molecule has 0 fully saturated rings. The van der Waals surface area contributed by atoms with E-state index in [9.17, 15) is 5.11 Å². The van der Waals surface area contributed by atoms with Crippen molar-refractivity contribution in [2.45, 2.75) is 11.8 Å². The average molecular weight is 247 g/mol. The van der Waals surface area contributed by atoms with Gasteiger partial charge in [-0.05, 0) is 18.6 Å². The summed E-state index contributed by atoms with van der Waals surface area (Å²) in [6.45, 7) is 1.76. The van der Waals surface area contributed by atoms with Crippen LogP contribution in [0, 0.1) is 6.92 Å². The Kier molecular flexibility index (Phi) is 6.19. The molecule has 5 heteroatoms. The van der Waals surface area contributed by atoms with Gasteiger partial charge >= 0.3 is 51.4 Å². The van der Waals surface area contributed by atoms with E-state index < -0.39 is 0 Å². The Bertz CT molecular complexity index is 278. The normalized spacial score (nSPS) is 9.33. The second-order valence-corrected chi connectivity index (χ2v) is 3.38. The van der Waals surface area contributed by atoms with E-state index >= 15 is 0 Å². The van der Waals surface area contributed by atoms with E-state index in [2.05, 4.69) is 12.6 Å². The zero-order valence-corrected chi connectivity index (χ0v) is 12.2. The first-order valence-electron chi connectivity index (χ1n) is 2.88. The molecule has 0 radical (unpaired) electrons. The maximum atomic E-state index is 10.9. The Morgan fingerprint density at radius 3 is 2.42 bits per heavy atom. The Morgan fingerprint density at radius 2 is 1.92 bits per heavy atom. The van der Waals surface area contributed by atoms with E-state index in [1.807, 2.05) is 0 Å². The van der Waals surface area contributed by atoms with Crippen LogP contribution in [0.15, 0.2) is 11.0 Å². The van der Waals surface area contributed by atoms with Gasteiger partial charge in [0.25, 0.3) is 0 Å². The van der Waals surface area contributed by atoms with E-state index in [0.29, 0.717) is 9.92 Å². The van der Waals surface area contributed by atoms with Gasteiger partial charge in [0.05, 0.1) is 0 Å². The summed E-state index contributed by atoms with van der Waals surface area (Å²) in [7, 11) is 0.